The van der Waals surface area contributed by atoms with Gasteiger partial charge in [-0.2, -0.15) is 0 Å². The van der Waals surface area contributed by atoms with Gasteiger partial charge in [-0.05, 0) is 37.3 Å². The summed E-state index contributed by atoms with van der Waals surface area (Å²) in [6.07, 6.45) is 5.88. The van der Waals surface area contributed by atoms with Gasteiger partial charge in [-0.25, -0.2) is 0 Å². The average molecular weight is 220 g/mol. The van der Waals surface area contributed by atoms with Crippen molar-refractivity contribution in [2.24, 2.45) is 0 Å². The Morgan fingerprint density at radius 3 is 3.31 bits per heavy atom. The highest BCUT2D eigenvalue weighted by Crippen LogP contribution is 2.27. The van der Waals surface area contributed by atoms with E-state index in [2.05, 4.69) is 16.4 Å². The van der Waals surface area contributed by atoms with Crippen LogP contribution < -0.4 is 5.32 Å². The van der Waals surface area contributed by atoms with Crippen molar-refractivity contribution < 1.29 is 5.11 Å². The predicted molar refractivity (Wildman–Crippen MR) is 64.2 cm³/mol. The standard InChI is InChI=1S/C13H20N2O/c1-2-11(16)9-15-12-7-3-5-10-6-4-8-14-13(10)12/h4,6,8,11-12,15-16H,2-3,5,7,9H2,1H3. The molecule has 0 bridgehead atoms. The van der Waals surface area contributed by atoms with Crippen LogP contribution in [0.3, 0.4) is 0 Å². The lowest BCUT2D eigenvalue weighted by molar-refractivity contribution is 0.161. The summed E-state index contributed by atoms with van der Waals surface area (Å²) in [6.45, 7) is 2.66. The number of hydrogen-bond donors (Lipinski definition) is 2. The van der Waals surface area contributed by atoms with Crippen LogP contribution in [-0.2, 0) is 6.42 Å². The number of aryl methyl sites for hydroxylation is 1. The third kappa shape index (κ3) is 2.60. The number of aromatic nitrogens is 1. The topological polar surface area (TPSA) is 45.1 Å². The van der Waals surface area contributed by atoms with Crippen LogP contribution in [0.25, 0.3) is 0 Å². The minimum absolute atomic E-state index is 0.242. The van der Waals surface area contributed by atoms with Crippen LogP contribution in [-0.4, -0.2) is 22.7 Å². The predicted octanol–water partition coefficient (Wildman–Crippen LogP) is 1.82. The van der Waals surface area contributed by atoms with Crippen molar-refractivity contribution in [2.75, 3.05) is 6.54 Å². The minimum Gasteiger partial charge on any atom is -0.392 e. The van der Waals surface area contributed by atoms with Crippen molar-refractivity contribution in [3.63, 3.8) is 0 Å². The zero-order valence-electron chi connectivity index (χ0n) is 9.82. The molecular formula is C13H20N2O. The van der Waals surface area contributed by atoms with Crippen molar-refractivity contribution in [1.82, 2.24) is 10.3 Å². The second kappa shape index (κ2) is 5.41. The van der Waals surface area contributed by atoms with Crippen molar-refractivity contribution in [3.8, 4) is 0 Å². The fourth-order valence-electron chi connectivity index (χ4n) is 2.23. The van der Waals surface area contributed by atoms with Gasteiger partial charge in [-0.1, -0.05) is 13.0 Å². The first kappa shape index (κ1) is 11.6. The Kier molecular flexibility index (Phi) is 3.91. The van der Waals surface area contributed by atoms with Gasteiger partial charge >= 0.3 is 0 Å². The van der Waals surface area contributed by atoms with Crippen LogP contribution in [0.5, 0.6) is 0 Å². The number of nitrogens with one attached hydrogen (secondary N) is 1. The molecule has 0 fully saturated rings. The fraction of sp³-hybridized carbons (Fsp3) is 0.615. The molecule has 3 nitrogen and oxygen atoms in total. The van der Waals surface area contributed by atoms with Gasteiger partial charge < -0.3 is 10.4 Å². The molecule has 1 aromatic heterocycles. The van der Waals surface area contributed by atoms with E-state index >= 15 is 0 Å². The molecule has 0 amide bonds. The molecule has 2 unspecified atom stereocenters. The summed E-state index contributed by atoms with van der Waals surface area (Å²) in [5.41, 5.74) is 2.54. The molecule has 88 valence electrons. The molecule has 2 atom stereocenters. The smallest absolute Gasteiger partial charge is 0.0662 e. The summed E-state index contributed by atoms with van der Waals surface area (Å²) >= 11 is 0. The Balaban J connectivity index is 2.01. The van der Waals surface area contributed by atoms with Crippen molar-refractivity contribution in [2.45, 2.75) is 44.8 Å². The molecule has 1 aliphatic carbocycles. The van der Waals surface area contributed by atoms with Gasteiger partial charge in [0.1, 0.15) is 0 Å². The van der Waals surface area contributed by atoms with Crippen LogP contribution >= 0.6 is 0 Å². The van der Waals surface area contributed by atoms with E-state index in [0.29, 0.717) is 12.6 Å². The highest BCUT2D eigenvalue weighted by Gasteiger charge is 2.20. The largest absolute Gasteiger partial charge is 0.392 e. The molecule has 0 radical (unpaired) electrons. The summed E-state index contributed by atoms with van der Waals surface area (Å²) < 4.78 is 0. The number of aliphatic hydroxyl groups is 1. The fourth-order valence-corrected chi connectivity index (χ4v) is 2.23. The molecule has 16 heavy (non-hydrogen) atoms. The van der Waals surface area contributed by atoms with Crippen molar-refractivity contribution >= 4 is 0 Å². The van der Waals surface area contributed by atoms with Gasteiger partial charge in [0.05, 0.1) is 11.8 Å². The molecule has 0 aromatic carbocycles. The molecule has 1 heterocycles. The van der Waals surface area contributed by atoms with E-state index in [4.69, 9.17) is 0 Å². The highest BCUT2D eigenvalue weighted by molar-refractivity contribution is 5.25. The minimum atomic E-state index is -0.242. The zero-order chi connectivity index (χ0) is 11.4. The van der Waals surface area contributed by atoms with Crippen molar-refractivity contribution in [3.05, 3.63) is 29.6 Å². The molecular weight excluding hydrogens is 200 g/mol. The zero-order valence-corrected chi connectivity index (χ0v) is 9.82. The molecule has 0 saturated heterocycles. The van der Waals surface area contributed by atoms with Crippen LogP contribution in [0.15, 0.2) is 18.3 Å². The monoisotopic (exact) mass is 220 g/mol. The first-order chi connectivity index (χ1) is 7.81. The van der Waals surface area contributed by atoms with Gasteiger partial charge in [0.15, 0.2) is 0 Å². The lowest BCUT2D eigenvalue weighted by atomic mass is 9.92. The second-order valence-corrected chi connectivity index (χ2v) is 4.46. The van der Waals surface area contributed by atoms with Crippen LogP contribution in [0, 0.1) is 0 Å². The van der Waals surface area contributed by atoms with Gasteiger partial charge in [-0.3, -0.25) is 4.98 Å². The molecule has 1 aliphatic rings. The lowest BCUT2D eigenvalue weighted by Gasteiger charge is -2.26. The number of hydrogen-bond acceptors (Lipinski definition) is 3. The molecule has 2 rings (SSSR count). The van der Waals surface area contributed by atoms with Gasteiger partial charge in [0.25, 0.3) is 0 Å². The number of fused-ring (bicyclic) bond motifs is 1. The molecule has 3 heteroatoms. The number of nitrogens with zero attached hydrogens (tertiary/aromatic N) is 1. The average Bonchev–Trinajstić information content (AvgIpc) is 2.35. The quantitative estimate of drug-likeness (QED) is 0.813. The van der Waals surface area contributed by atoms with E-state index in [1.807, 2.05) is 19.2 Å². The molecule has 2 N–H and O–H groups in total. The number of pyridine rings is 1. The Labute approximate surface area is 96.9 Å². The van der Waals surface area contributed by atoms with Crippen molar-refractivity contribution in [1.29, 1.82) is 0 Å². The summed E-state index contributed by atoms with van der Waals surface area (Å²) in [5.74, 6) is 0. The van der Waals surface area contributed by atoms with Gasteiger partial charge in [-0.15, -0.1) is 0 Å². The van der Waals surface area contributed by atoms with Gasteiger partial charge in [0.2, 0.25) is 0 Å². The number of rotatable bonds is 4. The Hall–Kier alpha value is -0.930. The molecule has 0 aliphatic heterocycles. The third-order valence-corrected chi connectivity index (χ3v) is 3.27. The van der Waals surface area contributed by atoms with Crippen LogP contribution in [0.1, 0.15) is 43.5 Å². The molecule has 0 saturated carbocycles. The van der Waals surface area contributed by atoms with E-state index < -0.39 is 0 Å². The van der Waals surface area contributed by atoms with E-state index in [-0.39, 0.29) is 6.10 Å². The van der Waals surface area contributed by atoms with E-state index in [1.165, 1.54) is 17.7 Å². The normalized spacial score (nSPS) is 21.5. The van der Waals surface area contributed by atoms with E-state index in [9.17, 15) is 5.11 Å². The van der Waals surface area contributed by atoms with Gasteiger partial charge in [0, 0.05) is 18.8 Å². The summed E-state index contributed by atoms with van der Waals surface area (Å²) in [4.78, 5) is 4.46. The lowest BCUT2D eigenvalue weighted by Crippen LogP contribution is -2.32. The first-order valence-electron chi connectivity index (χ1n) is 6.16. The van der Waals surface area contributed by atoms with E-state index in [1.54, 1.807) is 0 Å². The molecule has 0 spiro atoms. The number of aliphatic hydroxyl groups excluding tert-OH is 1. The summed E-state index contributed by atoms with van der Waals surface area (Å²) in [5, 5.41) is 13.0. The third-order valence-electron chi connectivity index (χ3n) is 3.27. The SMILES string of the molecule is CCC(O)CNC1CCCc2cccnc21. The Bertz CT molecular complexity index is 340. The highest BCUT2D eigenvalue weighted by atomic mass is 16.3. The first-order valence-corrected chi connectivity index (χ1v) is 6.16. The Morgan fingerprint density at radius 1 is 1.62 bits per heavy atom. The maximum atomic E-state index is 9.55. The molecule has 1 aromatic rings. The second-order valence-electron chi connectivity index (χ2n) is 4.46. The summed E-state index contributed by atoms with van der Waals surface area (Å²) in [6, 6.07) is 4.49. The maximum Gasteiger partial charge on any atom is 0.0662 e. The Morgan fingerprint density at radius 2 is 2.50 bits per heavy atom. The van der Waals surface area contributed by atoms with E-state index in [0.717, 1.165) is 19.3 Å². The maximum absolute atomic E-state index is 9.55. The summed E-state index contributed by atoms with van der Waals surface area (Å²) in [7, 11) is 0. The van der Waals surface area contributed by atoms with Crippen LogP contribution in [0.2, 0.25) is 0 Å². The van der Waals surface area contributed by atoms with Crippen LogP contribution in [0.4, 0.5) is 0 Å².